The van der Waals surface area contributed by atoms with Gasteiger partial charge >= 0.3 is 0 Å². The van der Waals surface area contributed by atoms with Crippen molar-refractivity contribution in [1.29, 1.82) is 0 Å². The monoisotopic (exact) mass is 189 g/mol. The number of hydrogen-bond donors (Lipinski definition) is 2. The van der Waals surface area contributed by atoms with Gasteiger partial charge in [0.25, 0.3) is 0 Å². The molecule has 1 fully saturated rings. The standard InChI is InChI=1S/C9H19NO3/c1-13-7-9(12)6-10-4-2-8(11)3-5-10/h8-9,11-12H,2-7H2,1H3. The Morgan fingerprint density at radius 2 is 2.08 bits per heavy atom. The van der Waals surface area contributed by atoms with Crippen molar-refractivity contribution in [1.82, 2.24) is 4.90 Å². The second kappa shape index (κ2) is 5.54. The Bertz CT molecular complexity index is 135. The molecule has 0 spiro atoms. The molecular formula is C9H19NO3. The smallest absolute Gasteiger partial charge is 0.0900 e. The first-order valence-corrected chi connectivity index (χ1v) is 4.79. The van der Waals surface area contributed by atoms with Gasteiger partial charge in [-0.1, -0.05) is 0 Å². The molecule has 4 heteroatoms. The number of methoxy groups -OCH3 is 1. The Hall–Kier alpha value is -0.160. The van der Waals surface area contributed by atoms with Crippen molar-refractivity contribution in [2.24, 2.45) is 0 Å². The van der Waals surface area contributed by atoms with Gasteiger partial charge in [0.05, 0.1) is 18.8 Å². The summed E-state index contributed by atoms with van der Waals surface area (Å²) in [5.74, 6) is 0. The van der Waals surface area contributed by atoms with Crippen molar-refractivity contribution >= 4 is 0 Å². The predicted molar refractivity (Wildman–Crippen MR) is 49.6 cm³/mol. The van der Waals surface area contributed by atoms with Gasteiger partial charge in [0.15, 0.2) is 0 Å². The summed E-state index contributed by atoms with van der Waals surface area (Å²) in [4.78, 5) is 2.16. The first kappa shape index (κ1) is 10.9. The van der Waals surface area contributed by atoms with E-state index < -0.39 is 6.10 Å². The molecular weight excluding hydrogens is 170 g/mol. The predicted octanol–water partition coefficient (Wildman–Crippen LogP) is -0.550. The third kappa shape index (κ3) is 4.04. The number of aliphatic hydroxyl groups excluding tert-OH is 2. The molecule has 1 rings (SSSR count). The molecule has 4 nitrogen and oxygen atoms in total. The molecule has 78 valence electrons. The molecule has 0 radical (unpaired) electrons. The summed E-state index contributed by atoms with van der Waals surface area (Å²) in [7, 11) is 1.59. The average Bonchev–Trinajstić information content (AvgIpc) is 2.09. The maximum atomic E-state index is 9.44. The summed E-state index contributed by atoms with van der Waals surface area (Å²) in [5.41, 5.74) is 0. The van der Waals surface area contributed by atoms with Gasteiger partial charge in [-0.3, -0.25) is 0 Å². The lowest BCUT2D eigenvalue weighted by Gasteiger charge is -2.30. The van der Waals surface area contributed by atoms with Crippen LogP contribution >= 0.6 is 0 Å². The topological polar surface area (TPSA) is 52.9 Å². The van der Waals surface area contributed by atoms with Gasteiger partial charge in [-0.05, 0) is 12.8 Å². The van der Waals surface area contributed by atoms with Crippen LogP contribution in [0.15, 0.2) is 0 Å². The zero-order valence-corrected chi connectivity index (χ0v) is 8.15. The van der Waals surface area contributed by atoms with E-state index in [-0.39, 0.29) is 6.10 Å². The number of likely N-dealkylation sites (tertiary alicyclic amines) is 1. The molecule has 0 saturated carbocycles. The van der Waals surface area contributed by atoms with E-state index in [1.165, 1.54) is 0 Å². The van der Waals surface area contributed by atoms with Crippen molar-refractivity contribution in [3.63, 3.8) is 0 Å². The lowest BCUT2D eigenvalue weighted by Crippen LogP contribution is -2.41. The maximum Gasteiger partial charge on any atom is 0.0900 e. The molecule has 2 N–H and O–H groups in total. The molecule has 0 aromatic heterocycles. The summed E-state index contributed by atoms with van der Waals surface area (Å²) in [6.45, 7) is 2.80. The van der Waals surface area contributed by atoms with E-state index in [1.54, 1.807) is 7.11 Å². The highest BCUT2D eigenvalue weighted by molar-refractivity contribution is 4.73. The fourth-order valence-corrected chi connectivity index (χ4v) is 1.65. The minimum Gasteiger partial charge on any atom is -0.393 e. The minimum absolute atomic E-state index is 0.143. The molecule has 1 unspecified atom stereocenters. The van der Waals surface area contributed by atoms with Crippen LogP contribution in [0.25, 0.3) is 0 Å². The number of hydrogen-bond acceptors (Lipinski definition) is 4. The van der Waals surface area contributed by atoms with Crippen molar-refractivity contribution in [2.75, 3.05) is 33.4 Å². The van der Waals surface area contributed by atoms with Gasteiger partial charge in [-0.25, -0.2) is 0 Å². The molecule has 1 aliphatic rings. The van der Waals surface area contributed by atoms with Gasteiger partial charge in [0.1, 0.15) is 0 Å². The SMILES string of the molecule is COCC(O)CN1CCC(O)CC1. The summed E-state index contributed by atoms with van der Waals surface area (Å²) in [6, 6.07) is 0. The minimum atomic E-state index is -0.403. The molecule has 0 amide bonds. The number of rotatable bonds is 4. The van der Waals surface area contributed by atoms with E-state index in [2.05, 4.69) is 4.90 Å². The largest absolute Gasteiger partial charge is 0.393 e. The fraction of sp³-hybridized carbons (Fsp3) is 1.00. The molecule has 0 bridgehead atoms. The molecule has 0 aromatic rings. The molecule has 1 atom stereocenters. The highest BCUT2D eigenvalue weighted by Crippen LogP contribution is 2.09. The van der Waals surface area contributed by atoms with Gasteiger partial charge in [0.2, 0.25) is 0 Å². The fourth-order valence-electron chi connectivity index (χ4n) is 1.65. The average molecular weight is 189 g/mol. The summed E-state index contributed by atoms with van der Waals surface area (Å²) >= 11 is 0. The summed E-state index contributed by atoms with van der Waals surface area (Å²) in [6.07, 6.45) is 1.09. The third-order valence-electron chi connectivity index (χ3n) is 2.39. The number of β-amino-alcohol motifs (C(OH)–C–C–N with tert-alkyl or cyclic N) is 1. The van der Waals surface area contributed by atoms with Gasteiger partial charge in [0, 0.05) is 26.7 Å². The third-order valence-corrected chi connectivity index (χ3v) is 2.39. The Morgan fingerprint density at radius 3 is 2.62 bits per heavy atom. The van der Waals surface area contributed by atoms with Crippen LogP contribution in [0.4, 0.5) is 0 Å². The van der Waals surface area contributed by atoms with Crippen LogP contribution in [0, 0.1) is 0 Å². The Kier molecular flexibility index (Phi) is 4.66. The lowest BCUT2D eigenvalue weighted by molar-refractivity contribution is 0.0168. The molecule has 1 saturated heterocycles. The van der Waals surface area contributed by atoms with E-state index >= 15 is 0 Å². The van der Waals surface area contributed by atoms with Gasteiger partial charge in [-0.2, -0.15) is 0 Å². The number of nitrogens with zero attached hydrogens (tertiary/aromatic N) is 1. The molecule has 0 aliphatic carbocycles. The Labute approximate surface area is 79.1 Å². The molecule has 0 aromatic carbocycles. The van der Waals surface area contributed by atoms with Crippen LogP contribution in [0.2, 0.25) is 0 Å². The van der Waals surface area contributed by atoms with Crippen molar-refractivity contribution in [2.45, 2.75) is 25.0 Å². The van der Waals surface area contributed by atoms with Crippen LogP contribution < -0.4 is 0 Å². The Morgan fingerprint density at radius 1 is 1.46 bits per heavy atom. The van der Waals surface area contributed by atoms with Gasteiger partial charge < -0.3 is 19.8 Å². The normalized spacial score (nSPS) is 23.3. The van der Waals surface area contributed by atoms with E-state index in [0.29, 0.717) is 13.2 Å². The van der Waals surface area contributed by atoms with Crippen LogP contribution in [0.5, 0.6) is 0 Å². The summed E-state index contributed by atoms with van der Waals surface area (Å²) in [5, 5.41) is 18.7. The highest BCUT2D eigenvalue weighted by Gasteiger charge is 2.18. The van der Waals surface area contributed by atoms with E-state index in [0.717, 1.165) is 25.9 Å². The van der Waals surface area contributed by atoms with Crippen molar-refractivity contribution < 1.29 is 14.9 Å². The summed E-state index contributed by atoms with van der Waals surface area (Å²) < 4.78 is 4.84. The second-order valence-electron chi connectivity index (χ2n) is 3.64. The quantitative estimate of drug-likeness (QED) is 0.623. The molecule has 13 heavy (non-hydrogen) atoms. The van der Waals surface area contributed by atoms with Crippen molar-refractivity contribution in [3.8, 4) is 0 Å². The van der Waals surface area contributed by atoms with E-state index in [9.17, 15) is 10.2 Å². The van der Waals surface area contributed by atoms with Crippen LogP contribution in [-0.2, 0) is 4.74 Å². The number of piperidine rings is 1. The first-order chi connectivity index (χ1) is 6.22. The lowest BCUT2D eigenvalue weighted by atomic mass is 10.1. The second-order valence-corrected chi connectivity index (χ2v) is 3.64. The van der Waals surface area contributed by atoms with Crippen molar-refractivity contribution in [3.05, 3.63) is 0 Å². The van der Waals surface area contributed by atoms with E-state index in [4.69, 9.17) is 4.74 Å². The maximum absolute atomic E-state index is 9.44. The zero-order valence-electron chi connectivity index (χ0n) is 8.15. The van der Waals surface area contributed by atoms with Gasteiger partial charge in [-0.15, -0.1) is 0 Å². The molecule has 1 heterocycles. The van der Waals surface area contributed by atoms with Crippen LogP contribution in [0.3, 0.4) is 0 Å². The number of ether oxygens (including phenoxy) is 1. The van der Waals surface area contributed by atoms with E-state index in [1.807, 2.05) is 0 Å². The first-order valence-electron chi connectivity index (χ1n) is 4.79. The van der Waals surface area contributed by atoms with Crippen LogP contribution in [-0.4, -0.2) is 60.7 Å². The zero-order chi connectivity index (χ0) is 9.68. The highest BCUT2D eigenvalue weighted by atomic mass is 16.5. The van der Waals surface area contributed by atoms with Crippen LogP contribution in [0.1, 0.15) is 12.8 Å². The number of aliphatic hydroxyl groups is 2. The Balaban J connectivity index is 2.14. The molecule has 1 aliphatic heterocycles.